The Morgan fingerprint density at radius 3 is 2.00 bits per heavy atom. The molecule has 0 aliphatic rings. The number of benzene rings is 1. The topological polar surface area (TPSA) is 52.6 Å². The van der Waals surface area contributed by atoms with E-state index in [1.165, 1.54) is 7.11 Å². The number of ether oxygens (including phenoxy) is 2. The molecule has 0 aliphatic carbocycles. The quantitative estimate of drug-likeness (QED) is 0.514. The SMILES string of the molecule is CCOC(=O)C[P+](Cc1ccc(C(=O)OC)cc1)(C(C)C)C(C)C. The standard InChI is InChI=1S/C19H30O4P/c1-7-23-18(20)13-24(14(2)3,15(4)5)12-16-8-10-17(11-9-16)19(21)22-6/h8-11,14-15H,7,12-13H2,1-6H3/q+1. The van der Waals surface area contributed by atoms with Crippen LogP contribution in [0, 0.1) is 0 Å². The Balaban J connectivity index is 3.07. The molecule has 0 radical (unpaired) electrons. The van der Waals surface area contributed by atoms with Crippen LogP contribution in [0.1, 0.15) is 50.5 Å². The van der Waals surface area contributed by atoms with E-state index in [9.17, 15) is 9.59 Å². The highest BCUT2D eigenvalue weighted by Gasteiger charge is 2.46. The van der Waals surface area contributed by atoms with E-state index in [-0.39, 0.29) is 11.9 Å². The highest BCUT2D eigenvalue weighted by Crippen LogP contribution is 2.68. The van der Waals surface area contributed by atoms with Crippen molar-refractivity contribution in [2.75, 3.05) is 19.9 Å². The van der Waals surface area contributed by atoms with Crippen LogP contribution in [0.15, 0.2) is 24.3 Å². The molecule has 0 unspecified atom stereocenters. The molecule has 1 aromatic rings. The molecule has 0 aliphatic heterocycles. The molecule has 0 aromatic heterocycles. The number of esters is 2. The molecule has 4 nitrogen and oxygen atoms in total. The Hall–Kier alpha value is -1.41. The molecule has 0 atom stereocenters. The van der Waals surface area contributed by atoms with Gasteiger partial charge in [0.2, 0.25) is 0 Å². The van der Waals surface area contributed by atoms with Crippen LogP contribution in [0.25, 0.3) is 0 Å². The van der Waals surface area contributed by atoms with Gasteiger partial charge in [0.25, 0.3) is 0 Å². The first-order chi connectivity index (χ1) is 11.3. The Kier molecular flexibility index (Phi) is 7.89. The smallest absolute Gasteiger partial charge is 0.343 e. The minimum atomic E-state index is -1.58. The molecule has 0 fully saturated rings. The van der Waals surface area contributed by atoms with E-state index in [0.717, 1.165) is 11.7 Å². The summed E-state index contributed by atoms with van der Waals surface area (Å²) >= 11 is 0. The summed E-state index contributed by atoms with van der Waals surface area (Å²) in [7, 11) is -0.206. The van der Waals surface area contributed by atoms with E-state index in [2.05, 4.69) is 27.7 Å². The second-order valence-electron chi connectivity index (χ2n) is 6.60. The highest BCUT2D eigenvalue weighted by atomic mass is 31.2. The fraction of sp³-hybridized carbons (Fsp3) is 0.579. The maximum atomic E-state index is 12.2. The molecular formula is C19H30O4P+. The van der Waals surface area contributed by atoms with Crippen LogP contribution in [0.3, 0.4) is 0 Å². The second-order valence-corrected chi connectivity index (χ2v) is 11.5. The van der Waals surface area contributed by atoms with E-state index in [1.54, 1.807) is 12.1 Å². The first-order valence-electron chi connectivity index (χ1n) is 8.46. The molecule has 1 aromatic carbocycles. The van der Waals surface area contributed by atoms with Crippen molar-refractivity contribution >= 4 is 19.2 Å². The maximum Gasteiger partial charge on any atom is 0.343 e. The van der Waals surface area contributed by atoms with Gasteiger partial charge in [0, 0.05) is 7.26 Å². The number of hydrogen-bond donors (Lipinski definition) is 0. The molecule has 0 saturated heterocycles. The summed E-state index contributed by atoms with van der Waals surface area (Å²) in [5.41, 5.74) is 2.57. The number of methoxy groups -OCH3 is 1. The molecule has 0 amide bonds. The van der Waals surface area contributed by atoms with Crippen molar-refractivity contribution in [2.24, 2.45) is 0 Å². The van der Waals surface area contributed by atoms with Gasteiger partial charge >= 0.3 is 11.9 Å². The van der Waals surface area contributed by atoms with Gasteiger partial charge in [-0.2, -0.15) is 0 Å². The average molecular weight is 353 g/mol. The number of rotatable bonds is 8. The van der Waals surface area contributed by atoms with Gasteiger partial charge in [-0.05, 0) is 52.3 Å². The molecule has 24 heavy (non-hydrogen) atoms. The van der Waals surface area contributed by atoms with Gasteiger partial charge in [-0.15, -0.1) is 0 Å². The normalized spacial score (nSPS) is 11.7. The first kappa shape index (κ1) is 20.6. The summed E-state index contributed by atoms with van der Waals surface area (Å²) in [5, 5.41) is 0. The van der Waals surface area contributed by atoms with E-state index in [0.29, 0.717) is 29.7 Å². The lowest BCUT2D eigenvalue weighted by molar-refractivity contribution is -0.140. The highest BCUT2D eigenvalue weighted by molar-refractivity contribution is 7.77. The molecule has 1 rings (SSSR count). The van der Waals surface area contributed by atoms with Crippen molar-refractivity contribution < 1.29 is 19.1 Å². The minimum absolute atomic E-state index is 0.0978. The summed E-state index contributed by atoms with van der Waals surface area (Å²) in [6, 6.07) is 7.52. The monoisotopic (exact) mass is 353 g/mol. The van der Waals surface area contributed by atoms with Gasteiger partial charge in [-0.3, -0.25) is 0 Å². The zero-order chi connectivity index (χ0) is 18.3. The van der Waals surface area contributed by atoms with E-state index >= 15 is 0 Å². The zero-order valence-electron chi connectivity index (χ0n) is 15.7. The third-order valence-corrected chi connectivity index (χ3v) is 10.6. The van der Waals surface area contributed by atoms with Crippen molar-refractivity contribution in [3.05, 3.63) is 35.4 Å². The van der Waals surface area contributed by atoms with E-state index in [4.69, 9.17) is 9.47 Å². The van der Waals surface area contributed by atoms with Crippen LogP contribution in [0.2, 0.25) is 0 Å². The van der Waals surface area contributed by atoms with Gasteiger partial charge in [0.15, 0.2) is 6.16 Å². The lowest BCUT2D eigenvalue weighted by atomic mass is 10.1. The maximum absolute atomic E-state index is 12.2. The van der Waals surface area contributed by atoms with Gasteiger partial charge in [-0.25, -0.2) is 9.59 Å². The van der Waals surface area contributed by atoms with Crippen molar-refractivity contribution in [3.63, 3.8) is 0 Å². The fourth-order valence-electron chi connectivity index (χ4n) is 3.03. The Morgan fingerprint density at radius 1 is 1.04 bits per heavy atom. The molecule has 0 N–H and O–H groups in total. The van der Waals surface area contributed by atoms with Crippen molar-refractivity contribution in [1.29, 1.82) is 0 Å². The second kappa shape index (κ2) is 9.17. The van der Waals surface area contributed by atoms with Gasteiger partial charge in [-0.1, -0.05) is 12.1 Å². The third kappa shape index (κ3) is 5.04. The summed E-state index contributed by atoms with van der Waals surface area (Å²) in [6.07, 6.45) is 1.39. The number of carbonyl (C=O) groups is 2. The predicted molar refractivity (Wildman–Crippen MR) is 100 cm³/mol. The summed E-state index contributed by atoms with van der Waals surface area (Å²) in [5.74, 6) is -0.429. The van der Waals surface area contributed by atoms with Crippen LogP contribution < -0.4 is 0 Å². The summed E-state index contributed by atoms with van der Waals surface area (Å²) in [4.78, 5) is 23.8. The molecule has 0 heterocycles. The first-order valence-corrected chi connectivity index (χ1v) is 10.8. The third-order valence-electron chi connectivity index (χ3n) is 4.64. The van der Waals surface area contributed by atoms with Gasteiger partial charge in [0.05, 0.1) is 36.8 Å². The molecule has 5 heteroatoms. The number of hydrogen-bond acceptors (Lipinski definition) is 4. The molecular weight excluding hydrogens is 323 g/mol. The molecule has 0 bridgehead atoms. The molecule has 0 saturated carbocycles. The summed E-state index contributed by atoms with van der Waals surface area (Å²) in [6.45, 7) is 11.1. The van der Waals surface area contributed by atoms with Crippen molar-refractivity contribution in [2.45, 2.75) is 52.1 Å². The Bertz CT molecular complexity index is 541. The summed E-state index contributed by atoms with van der Waals surface area (Å²) < 4.78 is 9.97. The lowest BCUT2D eigenvalue weighted by Crippen LogP contribution is -2.26. The van der Waals surface area contributed by atoms with Crippen LogP contribution in [-0.4, -0.2) is 43.1 Å². The molecule has 0 spiro atoms. The van der Waals surface area contributed by atoms with E-state index in [1.807, 2.05) is 19.1 Å². The van der Waals surface area contributed by atoms with Gasteiger partial charge in [0.1, 0.15) is 0 Å². The van der Waals surface area contributed by atoms with Crippen LogP contribution >= 0.6 is 7.26 Å². The van der Waals surface area contributed by atoms with Crippen LogP contribution in [0.5, 0.6) is 0 Å². The van der Waals surface area contributed by atoms with E-state index < -0.39 is 7.26 Å². The van der Waals surface area contributed by atoms with Gasteiger partial charge < -0.3 is 9.47 Å². The average Bonchev–Trinajstić information content (AvgIpc) is 2.53. The number of carbonyl (C=O) groups excluding carboxylic acids is 2. The Labute approximate surface area is 146 Å². The zero-order valence-corrected chi connectivity index (χ0v) is 16.6. The Morgan fingerprint density at radius 2 is 1.58 bits per heavy atom. The molecule has 134 valence electrons. The minimum Gasteiger partial charge on any atom is -0.465 e. The lowest BCUT2D eigenvalue weighted by Gasteiger charge is -2.34. The van der Waals surface area contributed by atoms with Crippen LogP contribution in [-0.2, 0) is 20.4 Å². The fourth-order valence-corrected chi connectivity index (χ4v) is 7.26. The van der Waals surface area contributed by atoms with Crippen LogP contribution in [0.4, 0.5) is 0 Å². The largest absolute Gasteiger partial charge is 0.465 e. The van der Waals surface area contributed by atoms with Crippen molar-refractivity contribution in [3.8, 4) is 0 Å². The van der Waals surface area contributed by atoms with Crippen molar-refractivity contribution in [1.82, 2.24) is 0 Å². The predicted octanol–water partition coefficient (Wildman–Crippen LogP) is 4.37.